The number of hydrogen-bond acceptors (Lipinski definition) is 0. The van der Waals surface area contributed by atoms with Crippen molar-refractivity contribution >= 4 is 11.6 Å². The molecular formula is C38H50. The van der Waals surface area contributed by atoms with E-state index in [1.807, 2.05) is 64.1 Å². The molecule has 2 aromatic carbocycles. The topological polar surface area (TPSA) is 0 Å². The summed E-state index contributed by atoms with van der Waals surface area (Å²) in [7, 11) is 0. The van der Waals surface area contributed by atoms with Crippen molar-refractivity contribution in [1.82, 2.24) is 0 Å². The normalized spacial score (nSPS) is 14.8. The number of rotatable bonds is 6. The van der Waals surface area contributed by atoms with E-state index in [1.54, 1.807) is 0 Å². The van der Waals surface area contributed by atoms with E-state index in [0.29, 0.717) is 0 Å². The van der Waals surface area contributed by atoms with Crippen LogP contribution in [0.25, 0.3) is 11.6 Å². The van der Waals surface area contributed by atoms with Crippen LogP contribution in [0.4, 0.5) is 0 Å². The van der Waals surface area contributed by atoms with E-state index in [-0.39, 0.29) is 0 Å². The van der Waals surface area contributed by atoms with Crippen LogP contribution in [-0.4, -0.2) is 0 Å². The fraction of sp³-hybridized carbons (Fsp3) is 0.263. The van der Waals surface area contributed by atoms with Crippen molar-refractivity contribution in [2.45, 2.75) is 61.8 Å². The van der Waals surface area contributed by atoms with E-state index < -0.39 is 0 Å². The van der Waals surface area contributed by atoms with Crippen molar-refractivity contribution < 1.29 is 0 Å². The van der Waals surface area contributed by atoms with Crippen molar-refractivity contribution in [3.63, 3.8) is 0 Å². The van der Waals surface area contributed by atoms with E-state index in [2.05, 4.69) is 120 Å². The molecule has 0 aromatic heterocycles. The molecule has 1 aliphatic carbocycles. The third-order valence-electron chi connectivity index (χ3n) is 5.34. The van der Waals surface area contributed by atoms with Gasteiger partial charge in [-0.15, -0.1) is 0 Å². The first kappa shape index (κ1) is 34.4. The van der Waals surface area contributed by atoms with Crippen LogP contribution in [0.2, 0.25) is 0 Å². The maximum absolute atomic E-state index is 3.79. The molecular weight excluding hydrogens is 456 g/mol. The Bertz CT molecular complexity index is 1110. The second kappa shape index (κ2) is 21.4. The van der Waals surface area contributed by atoms with E-state index in [9.17, 15) is 0 Å². The maximum Gasteiger partial charge on any atom is -0.0184 e. The Morgan fingerprint density at radius 2 is 1.55 bits per heavy atom. The summed E-state index contributed by atoms with van der Waals surface area (Å²) in [5.41, 5.74) is 8.61. The number of allylic oxidation sites excluding steroid dienone is 13. The monoisotopic (exact) mass is 506 g/mol. The highest BCUT2D eigenvalue weighted by Gasteiger charge is 1.98. The molecule has 0 heterocycles. The summed E-state index contributed by atoms with van der Waals surface area (Å²) in [5, 5.41) is 0. The Hall–Kier alpha value is -3.64. The Labute approximate surface area is 234 Å². The first-order valence-electron chi connectivity index (χ1n) is 13.7. The quantitative estimate of drug-likeness (QED) is 0.342. The van der Waals surface area contributed by atoms with Gasteiger partial charge in [-0.2, -0.15) is 0 Å². The maximum atomic E-state index is 3.79. The van der Waals surface area contributed by atoms with E-state index in [4.69, 9.17) is 0 Å². The van der Waals surface area contributed by atoms with Crippen molar-refractivity contribution in [3.05, 3.63) is 156 Å². The molecule has 1 aliphatic rings. The zero-order valence-electron chi connectivity index (χ0n) is 25.2. The highest BCUT2D eigenvalue weighted by molar-refractivity contribution is 5.79. The lowest BCUT2D eigenvalue weighted by Crippen LogP contribution is -1.91. The Morgan fingerprint density at radius 1 is 0.921 bits per heavy atom. The van der Waals surface area contributed by atoms with Gasteiger partial charge in [-0.05, 0) is 63.7 Å². The summed E-state index contributed by atoms with van der Waals surface area (Å²) in [6.45, 7) is 24.1. The second-order valence-corrected chi connectivity index (χ2v) is 9.22. The fourth-order valence-corrected chi connectivity index (χ4v) is 3.41. The van der Waals surface area contributed by atoms with Gasteiger partial charge in [0.25, 0.3) is 0 Å². The first-order chi connectivity index (χ1) is 18.2. The fourth-order valence-electron chi connectivity index (χ4n) is 3.41. The van der Waals surface area contributed by atoms with Crippen LogP contribution in [0.3, 0.4) is 0 Å². The van der Waals surface area contributed by atoms with E-state index in [0.717, 1.165) is 11.5 Å². The molecule has 0 N–H and O–H groups in total. The molecule has 38 heavy (non-hydrogen) atoms. The number of aryl methyl sites for hydroxylation is 1. The van der Waals surface area contributed by atoms with Gasteiger partial charge in [0.05, 0.1) is 0 Å². The molecule has 202 valence electrons. The van der Waals surface area contributed by atoms with Gasteiger partial charge in [-0.25, -0.2) is 0 Å². The number of hydrogen-bond donors (Lipinski definition) is 0. The molecule has 1 unspecified atom stereocenters. The Balaban J connectivity index is 0.000000600. The van der Waals surface area contributed by atoms with Crippen LogP contribution in [0.5, 0.6) is 0 Å². The van der Waals surface area contributed by atoms with E-state index >= 15 is 0 Å². The summed E-state index contributed by atoms with van der Waals surface area (Å²) < 4.78 is 0. The standard InChI is InChI=1S/C19H18.C9H14.C8H12.C2H6/c1-3-7-18(19-13-10-16(2)11-14-19)15-12-17-8-5-4-6-9-17;1-5-6-9(4)7-8(2)3;1-7-3-5-8(2)6-4-7;1-2/h3-15H,1H2,2H3;5-7H,2H2,1,3-4H3;3-5,8H,6H2,1-2H3;1-2H3/b15-12-,18-7+;6-5-,9-7-;;. The molecule has 0 saturated carbocycles. The van der Waals surface area contributed by atoms with Crippen LogP contribution >= 0.6 is 0 Å². The van der Waals surface area contributed by atoms with E-state index in [1.165, 1.54) is 39.8 Å². The minimum absolute atomic E-state index is 0.763. The van der Waals surface area contributed by atoms with Crippen LogP contribution < -0.4 is 0 Å². The first-order valence-corrected chi connectivity index (χ1v) is 13.7. The predicted molar refractivity (Wildman–Crippen MR) is 176 cm³/mol. The Morgan fingerprint density at radius 3 is 2.03 bits per heavy atom. The molecule has 0 saturated heterocycles. The van der Waals surface area contributed by atoms with Gasteiger partial charge in [0.2, 0.25) is 0 Å². The van der Waals surface area contributed by atoms with Gasteiger partial charge < -0.3 is 0 Å². The molecule has 0 bridgehead atoms. The molecule has 0 nitrogen and oxygen atoms in total. The third-order valence-corrected chi connectivity index (χ3v) is 5.34. The third kappa shape index (κ3) is 16.9. The molecule has 0 aliphatic heterocycles. The van der Waals surface area contributed by atoms with Gasteiger partial charge in [-0.1, -0.05) is 172 Å². The zero-order chi connectivity index (χ0) is 28.8. The highest BCUT2D eigenvalue weighted by Crippen LogP contribution is 2.18. The van der Waals surface area contributed by atoms with Gasteiger partial charge in [0.1, 0.15) is 0 Å². The second-order valence-electron chi connectivity index (χ2n) is 9.22. The summed E-state index contributed by atoms with van der Waals surface area (Å²) in [5.74, 6) is 0.763. The molecule has 0 spiro atoms. The molecule has 3 rings (SSSR count). The molecule has 2 aromatic rings. The number of benzene rings is 2. The predicted octanol–water partition coefficient (Wildman–Crippen LogP) is 11.9. The summed E-state index contributed by atoms with van der Waals surface area (Å²) in [6, 6.07) is 18.8. The molecule has 1 atom stereocenters. The van der Waals surface area contributed by atoms with Gasteiger partial charge >= 0.3 is 0 Å². The minimum atomic E-state index is 0.763. The average Bonchev–Trinajstić information content (AvgIpc) is 2.91. The zero-order valence-corrected chi connectivity index (χ0v) is 25.2. The van der Waals surface area contributed by atoms with Crippen molar-refractivity contribution in [2.24, 2.45) is 5.92 Å². The van der Waals surface area contributed by atoms with Crippen molar-refractivity contribution in [2.75, 3.05) is 0 Å². The van der Waals surface area contributed by atoms with Crippen LogP contribution in [0.15, 0.2) is 139 Å². The summed E-state index contributed by atoms with van der Waals surface area (Å²) in [4.78, 5) is 0. The molecule has 0 radical (unpaired) electrons. The SMILES string of the molecule is C=C(C)/C=C(C)\C=C/C.C=C/C=C(\C=C/c1ccccc1)c1ccc(C)cc1.CC.CC1=CCC(C)C=C1. The van der Waals surface area contributed by atoms with Gasteiger partial charge in [0.15, 0.2) is 0 Å². The lowest BCUT2D eigenvalue weighted by atomic mass is 10.00. The lowest BCUT2D eigenvalue weighted by molar-refractivity contribution is 0.731. The van der Waals surface area contributed by atoms with Gasteiger partial charge in [-0.3, -0.25) is 0 Å². The Kier molecular flexibility index (Phi) is 19.4. The highest BCUT2D eigenvalue weighted by atomic mass is 14.0. The summed E-state index contributed by atoms with van der Waals surface area (Å²) in [6.07, 6.45) is 22.2. The average molecular weight is 507 g/mol. The molecule has 0 heteroatoms. The smallest absolute Gasteiger partial charge is 0.0184 e. The molecule has 0 amide bonds. The minimum Gasteiger partial charge on any atom is -0.0990 e. The largest absolute Gasteiger partial charge is 0.0990 e. The van der Waals surface area contributed by atoms with Crippen molar-refractivity contribution in [1.29, 1.82) is 0 Å². The van der Waals surface area contributed by atoms with Gasteiger partial charge in [0, 0.05) is 0 Å². The summed E-state index contributed by atoms with van der Waals surface area (Å²) >= 11 is 0. The van der Waals surface area contributed by atoms with Crippen LogP contribution in [0, 0.1) is 12.8 Å². The lowest BCUT2D eigenvalue weighted by Gasteiger charge is -2.06. The molecule has 0 fully saturated rings. The van der Waals surface area contributed by atoms with Crippen LogP contribution in [-0.2, 0) is 0 Å². The van der Waals surface area contributed by atoms with Crippen molar-refractivity contribution in [3.8, 4) is 0 Å². The van der Waals surface area contributed by atoms with Crippen LogP contribution in [0.1, 0.15) is 71.6 Å².